The summed E-state index contributed by atoms with van der Waals surface area (Å²) in [5, 5.41) is 2.60. The van der Waals surface area contributed by atoms with Crippen molar-refractivity contribution in [3.63, 3.8) is 0 Å². The van der Waals surface area contributed by atoms with Crippen LogP contribution < -0.4 is 0 Å². The summed E-state index contributed by atoms with van der Waals surface area (Å²) in [5.74, 6) is -0.108. The molecule has 0 unspecified atom stereocenters. The molecular weight excluding hydrogens is 536 g/mol. The van der Waals surface area contributed by atoms with Crippen molar-refractivity contribution in [2.24, 2.45) is 0 Å². The Bertz CT molecular complexity index is 1480. The molecule has 10 heteroatoms. The number of carbonyl (C=O) groups excluding carboxylic acids is 1. The number of aromatic nitrogens is 2. The molecule has 2 aromatic heterocycles. The van der Waals surface area contributed by atoms with Crippen molar-refractivity contribution in [1.82, 2.24) is 19.2 Å². The molecule has 4 aromatic rings. The third-order valence-corrected chi connectivity index (χ3v) is 9.44. The highest BCUT2D eigenvalue weighted by Gasteiger charge is 2.31. The number of carbonyl (C=O) groups is 1. The molecule has 34 heavy (non-hydrogen) atoms. The molecular formula is C24H21BrN4O3S2. The third kappa shape index (κ3) is 4.38. The van der Waals surface area contributed by atoms with E-state index in [9.17, 15) is 13.2 Å². The fourth-order valence-electron chi connectivity index (χ4n) is 3.99. The molecule has 2 aromatic carbocycles. The van der Waals surface area contributed by atoms with Crippen LogP contribution in [0.2, 0.25) is 0 Å². The Morgan fingerprint density at radius 1 is 0.971 bits per heavy atom. The van der Waals surface area contributed by atoms with Crippen molar-refractivity contribution < 1.29 is 13.2 Å². The Morgan fingerprint density at radius 2 is 1.65 bits per heavy atom. The van der Waals surface area contributed by atoms with Crippen molar-refractivity contribution in [3.05, 3.63) is 76.0 Å². The minimum absolute atomic E-state index is 0.108. The summed E-state index contributed by atoms with van der Waals surface area (Å²) in [6, 6.07) is 14.6. The van der Waals surface area contributed by atoms with E-state index in [0.717, 1.165) is 25.8 Å². The van der Waals surface area contributed by atoms with Crippen molar-refractivity contribution in [2.45, 2.75) is 11.8 Å². The molecule has 0 saturated carbocycles. The highest BCUT2D eigenvalue weighted by Crippen LogP contribution is 2.29. The molecule has 0 atom stereocenters. The van der Waals surface area contributed by atoms with Crippen molar-refractivity contribution in [3.8, 4) is 10.6 Å². The minimum Gasteiger partial charge on any atom is -0.335 e. The minimum atomic E-state index is -3.65. The third-order valence-electron chi connectivity index (χ3n) is 5.86. The van der Waals surface area contributed by atoms with Crippen LogP contribution in [0.25, 0.3) is 21.3 Å². The van der Waals surface area contributed by atoms with Gasteiger partial charge in [0, 0.05) is 48.6 Å². The van der Waals surface area contributed by atoms with E-state index < -0.39 is 10.0 Å². The number of aryl methyl sites for hydroxylation is 1. The number of thiazole rings is 1. The van der Waals surface area contributed by atoms with E-state index in [1.807, 2.05) is 43.3 Å². The zero-order chi connectivity index (χ0) is 23.9. The Hall–Kier alpha value is -2.66. The summed E-state index contributed by atoms with van der Waals surface area (Å²) in [6.45, 7) is 3.00. The van der Waals surface area contributed by atoms with Gasteiger partial charge in [-0.2, -0.15) is 4.31 Å². The van der Waals surface area contributed by atoms with Gasteiger partial charge < -0.3 is 4.90 Å². The van der Waals surface area contributed by atoms with Crippen molar-refractivity contribution in [2.75, 3.05) is 26.2 Å². The molecule has 3 heterocycles. The molecule has 174 valence electrons. The van der Waals surface area contributed by atoms with Crippen molar-refractivity contribution in [1.29, 1.82) is 0 Å². The predicted octanol–water partition coefficient (Wildman–Crippen LogP) is 4.58. The predicted molar refractivity (Wildman–Crippen MR) is 136 cm³/mol. The Labute approximate surface area is 210 Å². The van der Waals surface area contributed by atoms with Gasteiger partial charge in [-0.15, -0.1) is 11.3 Å². The first-order valence-corrected chi connectivity index (χ1v) is 13.7. The number of hydrogen-bond donors (Lipinski definition) is 0. The zero-order valence-electron chi connectivity index (χ0n) is 18.3. The van der Waals surface area contributed by atoms with Gasteiger partial charge in [0.25, 0.3) is 5.91 Å². The highest BCUT2D eigenvalue weighted by molar-refractivity contribution is 9.10. The van der Waals surface area contributed by atoms with E-state index in [1.165, 1.54) is 15.6 Å². The number of hydrogen-bond acceptors (Lipinski definition) is 6. The molecule has 1 saturated heterocycles. The molecule has 0 radical (unpaired) electrons. The number of amides is 1. The summed E-state index contributed by atoms with van der Waals surface area (Å²) >= 11 is 4.79. The lowest BCUT2D eigenvalue weighted by Gasteiger charge is -2.33. The maximum absolute atomic E-state index is 13.3. The first kappa shape index (κ1) is 23.1. The van der Waals surface area contributed by atoms with Gasteiger partial charge in [0.1, 0.15) is 9.88 Å². The summed E-state index contributed by atoms with van der Waals surface area (Å²) in [7, 11) is -3.65. The topological polar surface area (TPSA) is 83.5 Å². The van der Waals surface area contributed by atoms with Gasteiger partial charge in [0.05, 0.1) is 10.6 Å². The molecule has 0 N–H and O–H groups in total. The van der Waals surface area contributed by atoms with Crippen LogP contribution in [0.5, 0.6) is 0 Å². The van der Waals surface area contributed by atoms with Crippen LogP contribution in [0.15, 0.2) is 70.3 Å². The van der Waals surface area contributed by atoms with Crippen LogP contribution in [0.3, 0.4) is 0 Å². The van der Waals surface area contributed by atoms with Gasteiger partial charge >= 0.3 is 0 Å². The van der Waals surface area contributed by atoms with E-state index in [4.69, 9.17) is 0 Å². The smallest absolute Gasteiger partial charge is 0.265 e. The second-order valence-electron chi connectivity index (χ2n) is 8.02. The maximum atomic E-state index is 13.3. The Morgan fingerprint density at radius 3 is 2.38 bits per heavy atom. The normalized spacial score (nSPS) is 15.1. The lowest BCUT2D eigenvalue weighted by molar-refractivity contribution is 0.0702. The fourth-order valence-corrected chi connectivity index (χ4v) is 6.87. The average Bonchev–Trinajstić information content (AvgIpc) is 3.25. The number of benzene rings is 2. The van der Waals surface area contributed by atoms with Crippen LogP contribution in [0.4, 0.5) is 0 Å². The quantitative estimate of drug-likeness (QED) is 0.367. The number of piperazine rings is 1. The molecule has 0 spiro atoms. The monoisotopic (exact) mass is 556 g/mol. The maximum Gasteiger partial charge on any atom is 0.265 e. The van der Waals surface area contributed by atoms with Gasteiger partial charge in [-0.1, -0.05) is 28.1 Å². The number of halogens is 1. The van der Waals surface area contributed by atoms with E-state index in [2.05, 4.69) is 25.9 Å². The lowest BCUT2D eigenvalue weighted by atomic mass is 10.1. The number of rotatable bonds is 4. The molecule has 5 rings (SSSR count). The van der Waals surface area contributed by atoms with Crippen LogP contribution in [-0.4, -0.2) is 59.7 Å². The summed E-state index contributed by atoms with van der Waals surface area (Å²) in [6.07, 6.45) is 3.39. The molecule has 7 nitrogen and oxygen atoms in total. The van der Waals surface area contributed by atoms with Crippen LogP contribution in [0, 0.1) is 6.92 Å². The molecule has 1 aliphatic rings. The summed E-state index contributed by atoms with van der Waals surface area (Å²) < 4.78 is 28.9. The van der Waals surface area contributed by atoms with Gasteiger partial charge in [0.15, 0.2) is 0 Å². The SMILES string of the molecule is Cc1nc(-c2ccncc2)sc1C(=O)N1CCN(S(=O)(=O)c2ccc3cc(Br)ccc3c2)CC1. The largest absolute Gasteiger partial charge is 0.335 e. The fraction of sp³-hybridized carbons (Fsp3) is 0.208. The summed E-state index contributed by atoms with van der Waals surface area (Å²) in [4.78, 5) is 24.3. The first-order chi connectivity index (χ1) is 16.3. The van der Waals surface area contributed by atoms with Gasteiger partial charge in [-0.25, -0.2) is 13.4 Å². The molecule has 1 aliphatic heterocycles. The van der Waals surface area contributed by atoms with Gasteiger partial charge in [-0.05, 0) is 54.1 Å². The number of pyridine rings is 1. The standard InChI is InChI=1S/C24H21BrN4O3S2/c1-16-22(33-23(27-16)17-6-8-26-9-7-17)24(30)28-10-12-29(13-11-28)34(31,32)21-5-3-18-14-20(25)4-2-19(18)15-21/h2-9,14-15H,10-13H2,1H3. The first-order valence-electron chi connectivity index (χ1n) is 10.7. The van der Waals surface area contributed by atoms with Crippen LogP contribution in [0.1, 0.15) is 15.4 Å². The second-order valence-corrected chi connectivity index (χ2v) is 11.9. The van der Waals surface area contributed by atoms with E-state index >= 15 is 0 Å². The Kier molecular flexibility index (Phi) is 6.24. The lowest BCUT2D eigenvalue weighted by Crippen LogP contribution is -2.50. The molecule has 0 aliphatic carbocycles. The number of nitrogens with zero attached hydrogens (tertiary/aromatic N) is 4. The highest BCUT2D eigenvalue weighted by atomic mass is 79.9. The van der Waals surface area contributed by atoms with E-state index in [0.29, 0.717) is 23.7 Å². The Balaban J connectivity index is 1.30. The van der Waals surface area contributed by atoms with E-state index in [-0.39, 0.29) is 23.9 Å². The number of fused-ring (bicyclic) bond motifs is 1. The van der Waals surface area contributed by atoms with Gasteiger partial charge in [-0.3, -0.25) is 9.78 Å². The van der Waals surface area contributed by atoms with Crippen molar-refractivity contribution >= 4 is 54.0 Å². The van der Waals surface area contributed by atoms with Crippen LogP contribution in [-0.2, 0) is 10.0 Å². The molecule has 1 amide bonds. The van der Waals surface area contributed by atoms with E-state index in [1.54, 1.807) is 29.4 Å². The molecule has 0 bridgehead atoms. The zero-order valence-corrected chi connectivity index (χ0v) is 21.5. The van der Waals surface area contributed by atoms with Gasteiger partial charge in [0.2, 0.25) is 10.0 Å². The second kappa shape index (κ2) is 9.18. The molecule has 1 fully saturated rings. The van der Waals surface area contributed by atoms with Crippen LogP contribution >= 0.6 is 27.3 Å². The number of sulfonamides is 1. The average molecular weight is 557 g/mol. The summed E-state index contributed by atoms with van der Waals surface area (Å²) in [5.41, 5.74) is 1.60.